The molecule has 0 aliphatic heterocycles. The highest BCUT2D eigenvalue weighted by Crippen LogP contribution is 2.34. The van der Waals surface area contributed by atoms with Crippen LogP contribution < -0.4 is 23.8 Å². The van der Waals surface area contributed by atoms with E-state index in [0.717, 1.165) is 9.20 Å². The minimum atomic E-state index is -4.16. The summed E-state index contributed by atoms with van der Waals surface area (Å²) in [7, 11) is -0.147. The number of benzene rings is 3. The average Bonchev–Trinajstić information content (AvgIpc) is 2.95. The Morgan fingerprint density at radius 1 is 0.923 bits per heavy atom. The molecule has 0 aromatic heterocycles. The van der Waals surface area contributed by atoms with Gasteiger partial charge in [-0.3, -0.25) is 9.10 Å². The lowest BCUT2D eigenvalue weighted by atomic mass is 10.1. The Hall–Kier alpha value is -3.90. The Balaban J connectivity index is 2.01. The van der Waals surface area contributed by atoms with Gasteiger partial charge in [0.2, 0.25) is 5.91 Å². The molecule has 0 unspecified atom stereocenters. The zero-order valence-electron chi connectivity index (χ0n) is 22.2. The van der Waals surface area contributed by atoms with Gasteiger partial charge in [0.1, 0.15) is 12.3 Å². The molecule has 208 valence electrons. The first-order chi connectivity index (χ1) is 18.7. The molecule has 1 amide bonds. The monoisotopic (exact) mass is 574 g/mol. The van der Waals surface area contributed by atoms with Crippen molar-refractivity contribution in [3.63, 3.8) is 0 Å². The predicted octanol–water partition coefficient (Wildman–Crippen LogP) is 4.45. The molecule has 0 heterocycles. The van der Waals surface area contributed by atoms with E-state index in [4.69, 9.17) is 18.9 Å². The highest BCUT2D eigenvalue weighted by molar-refractivity contribution is 7.98. The number of sulfonamides is 1. The molecule has 10 nitrogen and oxygen atoms in total. The third-order valence-corrected chi connectivity index (χ3v) is 8.11. The summed E-state index contributed by atoms with van der Waals surface area (Å²) >= 11 is 1.48. The number of thioether (sulfide) groups is 1. The molecule has 3 rings (SSSR count). The van der Waals surface area contributed by atoms with E-state index in [9.17, 15) is 18.0 Å². The molecule has 0 aliphatic rings. The zero-order valence-corrected chi connectivity index (χ0v) is 23.9. The quantitative estimate of drug-likeness (QED) is 0.247. The van der Waals surface area contributed by atoms with Gasteiger partial charge in [0, 0.05) is 17.0 Å². The summed E-state index contributed by atoms with van der Waals surface area (Å²) in [5.74, 6) is -0.365. The summed E-state index contributed by atoms with van der Waals surface area (Å²) in [6, 6.07) is 15.5. The molecule has 0 spiro atoms. The van der Waals surface area contributed by atoms with Crippen LogP contribution in [0.15, 0.2) is 70.5 Å². The van der Waals surface area contributed by atoms with Gasteiger partial charge >= 0.3 is 5.97 Å². The van der Waals surface area contributed by atoms with Crippen molar-refractivity contribution in [2.45, 2.75) is 16.7 Å². The lowest BCUT2D eigenvalue weighted by Crippen LogP contribution is -2.38. The number of nitrogens with one attached hydrogen (secondary N) is 1. The van der Waals surface area contributed by atoms with Gasteiger partial charge in [-0.15, -0.1) is 11.8 Å². The molecule has 0 atom stereocenters. The van der Waals surface area contributed by atoms with Crippen LogP contribution in [0.3, 0.4) is 0 Å². The normalized spacial score (nSPS) is 10.9. The van der Waals surface area contributed by atoms with Crippen LogP contribution in [0.1, 0.15) is 17.3 Å². The van der Waals surface area contributed by atoms with Gasteiger partial charge in [-0.25, -0.2) is 13.2 Å². The van der Waals surface area contributed by atoms with Crippen LogP contribution in [0.4, 0.5) is 11.4 Å². The minimum absolute atomic E-state index is 0.00614. The van der Waals surface area contributed by atoms with Crippen molar-refractivity contribution in [2.24, 2.45) is 0 Å². The fourth-order valence-electron chi connectivity index (χ4n) is 3.65. The van der Waals surface area contributed by atoms with Gasteiger partial charge in [0.15, 0.2) is 11.5 Å². The first kappa shape index (κ1) is 29.7. The molecule has 3 aromatic carbocycles. The van der Waals surface area contributed by atoms with Crippen molar-refractivity contribution < 1.29 is 37.0 Å². The number of hydrogen-bond acceptors (Lipinski definition) is 9. The van der Waals surface area contributed by atoms with Gasteiger partial charge in [-0.1, -0.05) is 0 Å². The fourth-order valence-corrected chi connectivity index (χ4v) is 5.48. The van der Waals surface area contributed by atoms with E-state index < -0.39 is 28.4 Å². The molecule has 0 aliphatic carbocycles. The lowest BCUT2D eigenvalue weighted by Gasteiger charge is -2.25. The van der Waals surface area contributed by atoms with E-state index in [1.54, 1.807) is 36.4 Å². The van der Waals surface area contributed by atoms with Gasteiger partial charge in [-0.05, 0) is 61.7 Å². The Morgan fingerprint density at radius 3 is 2.08 bits per heavy atom. The minimum Gasteiger partial charge on any atom is -0.494 e. The topological polar surface area (TPSA) is 120 Å². The smallest absolute Gasteiger partial charge is 0.340 e. The Bertz CT molecular complexity index is 1410. The molecule has 0 fully saturated rings. The number of anilines is 2. The maximum atomic E-state index is 13.7. The highest BCUT2D eigenvalue weighted by atomic mass is 32.2. The first-order valence-corrected chi connectivity index (χ1v) is 14.4. The van der Waals surface area contributed by atoms with Crippen LogP contribution in [0.25, 0.3) is 0 Å². The Kier molecular flexibility index (Phi) is 10.1. The van der Waals surface area contributed by atoms with Gasteiger partial charge in [0.25, 0.3) is 10.0 Å². The maximum Gasteiger partial charge on any atom is 0.340 e. The number of rotatable bonds is 12. The summed E-state index contributed by atoms with van der Waals surface area (Å²) in [5.41, 5.74) is 0.326. The van der Waals surface area contributed by atoms with Crippen LogP contribution in [-0.2, 0) is 19.6 Å². The van der Waals surface area contributed by atoms with E-state index in [-0.39, 0.29) is 33.3 Å². The fraction of sp³-hybridized carbons (Fsp3) is 0.259. The number of carbonyl (C=O) groups is 2. The zero-order chi connectivity index (χ0) is 28.6. The average molecular weight is 575 g/mol. The Morgan fingerprint density at radius 2 is 1.54 bits per heavy atom. The number of methoxy groups -OCH3 is 3. The number of carbonyl (C=O) groups excluding carboxylic acids is 2. The van der Waals surface area contributed by atoms with Crippen LogP contribution in [0, 0.1) is 0 Å². The third-order valence-electron chi connectivity index (χ3n) is 5.57. The summed E-state index contributed by atoms with van der Waals surface area (Å²) in [4.78, 5) is 26.6. The van der Waals surface area contributed by atoms with Crippen molar-refractivity contribution in [3.05, 3.63) is 66.2 Å². The summed E-state index contributed by atoms with van der Waals surface area (Å²) < 4.78 is 49.3. The molecular weight excluding hydrogens is 544 g/mol. The Labute approximate surface area is 232 Å². The molecule has 0 radical (unpaired) electrons. The van der Waals surface area contributed by atoms with Gasteiger partial charge < -0.3 is 24.3 Å². The molecule has 0 bridgehead atoms. The predicted molar refractivity (Wildman–Crippen MR) is 150 cm³/mol. The van der Waals surface area contributed by atoms with Crippen LogP contribution >= 0.6 is 11.8 Å². The van der Waals surface area contributed by atoms with Crippen LogP contribution in [0.5, 0.6) is 17.2 Å². The van der Waals surface area contributed by atoms with Gasteiger partial charge in [-0.2, -0.15) is 0 Å². The van der Waals surface area contributed by atoms with E-state index in [1.165, 1.54) is 57.4 Å². The third kappa shape index (κ3) is 6.95. The van der Waals surface area contributed by atoms with Crippen LogP contribution in [-0.4, -0.2) is 61.0 Å². The first-order valence-electron chi connectivity index (χ1n) is 11.7. The second-order valence-electron chi connectivity index (χ2n) is 7.91. The molecule has 12 heteroatoms. The summed E-state index contributed by atoms with van der Waals surface area (Å²) in [6.07, 6.45) is 1.89. The molecule has 39 heavy (non-hydrogen) atoms. The second kappa shape index (κ2) is 13.3. The molecule has 3 aromatic rings. The van der Waals surface area contributed by atoms with Crippen molar-refractivity contribution >= 4 is 45.0 Å². The standard InChI is InChI=1S/C27H30N2O8S2/c1-6-37-19-9-7-18(8-10-19)29(39(32,33)21-13-11-20(38-5)12-14-21)17-26(30)28-23-16-25(35-3)24(34-2)15-22(23)27(31)36-4/h7-16H,6,17H2,1-5H3,(H,28,30). The molecule has 0 saturated carbocycles. The van der Waals surface area contributed by atoms with E-state index >= 15 is 0 Å². The summed E-state index contributed by atoms with van der Waals surface area (Å²) in [5, 5.41) is 2.62. The lowest BCUT2D eigenvalue weighted by molar-refractivity contribution is -0.114. The van der Waals surface area contributed by atoms with Crippen molar-refractivity contribution in [1.82, 2.24) is 0 Å². The molecular formula is C27H30N2O8S2. The second-order valence-corrected chi connectivity index (χ2v) is 10.6. The highest BCUT2D eigenvalue weighted by Gasteiger charge is 2.28. The van der Waals surface area contributed by atoms with Crippen molar-refractivity contribution in [3.8, 4) is 17.2 Å². The van der Waals surface area contributed by atoms with E-state index in [1.807, 2.05) is 13.2 Å². The maximum absolute atomic E-state index is 13.7. The number of hydrogen-bond donors (Lipinski definition) is 1. The number of esters is 1. The van der Waals surface area contributed by atoms with Crippen LogP contribution in [0.2, 0.25) is 0 Å². The molecule has 0 saturated heterocycles. The van der Waals surface area contributed by atoms with E-state index in [0.29, 0.717) is 12.4 Å². The number of amides is 1. The van der Waals surface area contributed by atoms with Crippen molar-refractivity contribution in [1.29, 1.82) is 0 Å². The molecule has 1 N–H and O–H groups in total. The largest absolute Gasteiger partial charge is 0.494 e. The van der Waals surface area contributed by atoms with Crippen molar-refractivity contribution in [2.75, 3.05) is 50.4 Å². The summed E-state index contributed by atoms with van der Waals surface area (Å²) in [6.45, 7) is 1.69. The van der Waals surface area contributed by atoms with E-state index in [2.05, 4.69) is 5.32 Å². The number of ether oxygens (including phenoxy) is 4. The SMILES string of the molecule is CCOc1ccc(N(CC(=O)Nc2cc(OC)c(OC)cc2C(=O)OC)S(=O)(=O)c2ccc(SC)cc2)cc1. The number of nitrogens with zero attached hydrogens (tertiary/aromatic N) is 1. The van der Waals surface area contributed by atoms with Gasteiger partial charge in [0.05, 0.1) is 49.8 Å².